The number of sulfonamides is 1. The summed E-state index contributed by atoms with van der Waals surface area (Å²) >= 11 is 0. The molecule has 2 saturated heterocycles. The third kappa shape index (κ3) is 3.96. The third-order valence-electron chi connectivity index (χ3n) is 6.04. The quantitative estimate of drug-likeness (QED) is 0.591. The number of esters is 1. The predicted octanol–water partition coefficient (Wildman–Crippen LogP) is 0.143. The molecule has 0 radical (unpaired) electrons. The van der Waals surface area contributed by atoms with Crippen LogP contribution in [0.3, 0.4) is 0 Å². The lowest BCUT2D eigenvalue weighted by atomic mass is 9.79. The van der Waals surface area contributed by atoms with Crippen molar-refractivity contribution < 1.29 is 22.7 Å². The zero-order chi connectivity index (χ0) is 20.6. The minimum Gasteiger partial charge on any atom is -0.468 e. The van der Waals surface area contributed by atoms with E-state index in [0.717, 1.165) is 12.8 Å². The Hall–Kier alpha value is -2.17. The number of carbonyl (C=O) groups excluding carboxylic acids is 2. The lowest BCUT2D eigenvalue weighted by Crippen LogP contribution is -2.46. The van der Waals surface area contributed by atoms with Gasteiger partial charge in [0, 0.05) is 30.1 Å². The highest BCUT2D eigenvalue weighted by Crippen LogP contribution is 2.31. The first-order valence-electron chi connectivity index (χ1n) is 9.89. The summed E-state index contributed by atoms with van der Waals surface area (Å²) in [5.74, 6) is -0.364. The molecule has 1 amide bonds. The fourth-order valence-corrected chi connectivity index (χ4v) is 6.11. The predicted molar refractivity (Wildman–Crippen MR) is 107 cm³/mol. The molecular formula is C19H26N4O5S. The molecule has 0 bridgehead atoms. The highest BCUT2D eigenvalue weighted by atomic mass is 32.2. The van der Waals surface area contributed by atoms with E-state index >= 15 is 0 Å². The molecule has 2 aliphatic heterocycles. The third-order valence-corrected chi connectivity index (χ3v) is 7.91. The van der Waals surface area contributed by atoms with E-state index < -0.39 is 16.1 Å². The van der Waals surface area contributed by atoms with Crippen molar-refractivity contribution in [3.63, 3.8) is 0 Å². The lowest BCUT2D eigenvalue weighted by Gasteiger charge is -2.32. The first kappa shape index (κ1) is 20.1. The van der Waals surface area contributed by atoms with Crippen LogP contribution in [0.5, 0.6) is 0 Å². The number of hydrogen-bond donors (Lipinski definition) is 3. The molecule has 29 heavy (non-hydrogen) atoms. The van der Waals surface area contributed by atoms with E-state index in [1.807, 2.05) is 0 Å². The number of nitrogens with one attached hydrogen (secondary N) is 3. The topological polar surface area (TPSA) is 117 Å². The van der Waals surface area contributed by atoms with Crippen LogP contribution in [0.4, 0.5) is 5.69 Å². The van der Waals surface area contributed by atoms with Gasteiger partial charge in [-0.25, -0.2) is 13.8 Å². The molecule has 3 aliphatic rings. The van der Waals surface area contributed by atoms with Gasteiger partial charge in [-0.2, -0.15) is 0 Å². The largest absolute Gasteiger partial charge is 0.468 e. The Bertz CT molecular complexity index is 906. The van der Waals surface area contributed by atoms with Crippen LogP contribution in [0.25, 0.3) is 0 Å². The molecule has 3 fully saturated rings. The maximum atomic E-state index is 12.8. The highest BCUT2D eigenvalue weighted by molar-refractivity contribution is 7.93. The second-order valence-electron chi connectivity index (χ2n) is 7.84. The number of hydrogen-bond acceptors (Lipinski definition) is 7. The van der Waals surface area contributed by atoms with E-state index in [1.54, 1.807) is 24.3 Å². The van der Waals surface area contributed by atoms with Crippen molar-refractivity contribution in [3.8, 4) is 0 Å². The summed E-state index contributed by atoms with van der Waals surface area (Å²) in [6, 6.07) is 6.42. The average molecular weight is 423 g/mol. The van der Waals surface area contributed by atoms with Crippen LogP contribution < -0.4 is 20.5 Å². The molecule has 4 unspecified atom stereocenters. The smallest absolute Gasteiger partial charge is 0.324 e. The number of benzene rings is 1. The van der Waals surface area contributed by atoms with Gasteiger partial charge in [-0.15, -0.1) is 0 Å². The minimum atomic E-state index is -3.29. The number of amides is 1. The van der Waals surface area contributed by atoms with E-state index in [4.69, 9.17) is 4.74 Å². The van der Waals surface area contributed by atoms with Crippen molar-refractivity contribution in [3.05, 3.63) is 29.8 Å². The monoisotopic (exact) mass is 422 g/mol. The zero-order valence-corrected chi connectivity index (χ0v) is 17.1. The van der Waals surface area contributed by atoms with E-state index in [1.165, 1.54) is 11.4 Å². The van der Waals surface area contributed by atoms with Gasteiger partial charge in [-0.1, -0.05) is 6.07 Å². The number of nitrogens with zero attached hydrogens (tertiary/aromatic N) is 1. The Morgan fingerprint density at radius 1 is 1.24 bits per heavy atom. The lowest BCUT2D eigenvalue weighted by molar-refractivity contribution is -0.144. The van der Waals surface area contributed by atoms with Gasteiger partial charge >= 0.3 is 5.97 Å². The fourth-order valence-electron chi connectivity index (χ4n) is 4.55. The normalized spacial score (nSPS) is 30.6. The summed E-state index contributed by atoms with van der Waals surface area (Å²) in [6.07, 6.45) is 2.89. The molecule has 0 spiro atoms. The number of rotatable bonds is 4. The molecule has 0 aromatic heterocycles. The van der Waals surface area contributed by atoms with Gasteiger partial charge in [0.25, 0.3) is 5.91 Å². The van der Waals surface area contributed by atoms with Gasteiger partial charge in [0.15, 0.2) is 0 Å². The Balaban J connectivity index is 1.43. The second kappa shape index (κ2) is 7.92. The van der Waals surface area contributed by atoms with Crippen LogP contribution >= 0.6 is 0 Å². The van der Waals surface area contributed by atoms with E-state index in [0.29, 0.717) is 30.6 Å². The van der Waals surface area contributed by atoms with Gasteiger partial charge in [0.05, 0.1) is 18.6 Å². The van der Waals surface area contributed by atoms with Gasteiger partial charge in [-0.05, 0) is 43.9 Å². The van der Waals surface area contributed by atoms with Crippen LogP contribution in [-0.4, -0.2) is 57.8 Å². The molecule has 4 atom stereocenters. The molecule has 158 valence electrons. The summed E-state index contributed by atoms with van der Waals surface area (Å²) in [6.45, 7) is 0.439. The SMILES string of the molecule is COC(=O)C1NNC2CCC(NC(=O)c3cccc(N4CCCS4(=O)=O)c3)CC21. The molecule has 9 nitrogen and oxygen atoms in total. The number of fused-ring (bicyclic) bond motifs is 1. The molecule has 1 aromatic carbocycles. The molecule has 1 saturated carbocycles. The summed E-state index contributed by atoms with van der Waals surface area (Å²) in [7, 11) is -1.92. The maximum Gasteiger partial charge on any atom is 0.324 e. The van der Waals surface area contributed by atoms with Crippen molar-refractivity contribution in [1.82, 2.24) is 16.2 Å². The van der Waals surface area contributed by atoms with Crippen molar-refractivity contribution in [1.29, 1.82) is 0 Å². The number of carbonyl (C=O) groups is 2. The van der Waals surface area contributed by atoms with Crippen LogP contribution in [0.15, 0.2) is 24.3 Å². The van der Waals surface area contributed by atoms with Crippen molar-refractivity contribution in [2.24, 2.45) is 5.92 Å². The van der Waals surface area contributed by atoms with Crippen molar-refractivity contribution in [2.45, 2.75) is 43.8 Å². The zero-order valence-electron chi connectivity index (χ0n) is 16.3. The van der Waals surface area contributed by atoms with Crippen molar-refractivity contribution in [2.75, 3.05) is 23.7 Å². The van der Waals surface area contributed by atoms with Gasteiger partial charge < -0.3 is 10.1 Å². The van der Waals surface area contributed by atoms with Gasteiger partial charge in [0.2, 0.25) is 10.0 Å². The molecule has 3 N–H and O–H groups in total. The summed E-state index contributed by atoms with van der Waals surface area (Å²) < 4.78 is 30.5. The number of anilines is 1. The fraction of sp³-hybridized carbons (Fsp3) is 0.579. The van der Waals surface area contributed by atoms with Crippen LogP contribution in [0, 0.1) is 5.92 Å². The van der Waals surface area contributed by atoms with Crippen LogP contribution in [0.1, 0.15) is 36.0 Å². The Kier molecular flexibility index (Phi) is 5.50. The number of methoxy groups -OCH3 is 1. The second-order valence-corrected chi connectivity index (χ2v) is 9.85. The van der Waals surface area contributed by atoms with E-state index in [9.17, 15) is 18.0 Å². The maximum absolute atomic E-state index is 12.8. The highest BCUT2D eigenvalue weighted by Gasteiger charge is 2.44. The van der Waals surface area contributed by atoms with Crippen LogP contribution in [-0.2, 0) is 19.6 Å². The molecule has 4 rings (SSSR count). The van der Waals surface area contributed by atoms with E-state index in [-0.39, 0.29) is 35.6 Å². The van der Waals surface area contributed by atoms with Crippen LogP contribution in [0.2, 0.25) is 0 Å². The molecular weight excluding hydrogens is 396 g/mol. The Morgan fingerprint density at radius 3 is 2.79 bits per heavy atom. The van der Waals surface area contributed by atoms with Gasteiger partial charge in [0.1, 0.15) is 6.04 Å². The van der Waals surface area contributed by atoms with Crippen molar-refractivity contribution >= 4 is 27.6 Å². The summed E-state index contributed by atoms with van der Waals surface area (Å²) in [5, 5.41) is 3.05. The number of ether oxygens (including phenoxy) is 1. The first-order chi connectivity index (χ1) is 13.9. The minimum absolute atomic E-state index is 0.0441. The Morgan fingerprint density at radius 2 is 2.07 bits per heavy atom. The molecule has 1 aromatic rings. The summed E-state index contributed by atoms with van der Waals surface area (Å²) in [4.78, 5) is 24.8. The number of hydrazine groups is 1. The standard InChI is InChI=1S/C19H26N4O5S/c1-28-19(25)17-15-11-13(6-7-16(15)21-22-17)20-18(24)12-4-2-5-14(10-12)23-8-3-9-29(23,26)27/h2,4-5,10,13,15-17,21-22H,3,6-9,11H2,1H3,(H,20,24). The molecule has 2 heterocycles. The molecule has 10 heteroatoms. The van der Waals surface area contributed by atoms with E-state index in [2.05, 4.69) is 16.2 Å². The summed E-state index contributed by atoms with van der Waals surface area (Å²) in [5.41, 5.74) is 7.10. The molecule has 1 aliphatic carbocycles. The first-order valence-corrected chi connectivity index (χ1v) is 11.5. The average Bonchev–Trinajstić information content (AvgIpc) is 3.29. The van der Waals surface area contributed by atoms with Gasteiger partial charge in [-0.3, -0.25) is 19.3 Å². The Labute approximate surface area is 170 Å².